The standard InChI is InChI=1S/C17H24FNO4/c1-22-9-7-17(16(20)21)6-3-8-19(12-17)11-13-10-14(18)4-5-15(13)23-2/h4-5,10H,3,6-9,11-12H2,1-2H3,(H,20,21)/t17-/m0/s1. The predicted octanol–water partition coefficient (Wildman–Crippen LogP) is 2.54. The quantitative estimate of drug-likeness (QED) is 0.835. The van der Waals surface area contributed by atoms with Gasteiger partial charge in [-0.25, -0.2) is 4.39 Å². The second-order valence-electron chi connectivity index (χ2n) is 6.10. The van der Waals surface area contributed by atoms with Crippen LogP contribution in [0.2, 0.25) is 0 Å². The molecule has 5 nitrogen and oxygen atoms in total. The van der Waals surface area contributed by atoms with E-state index in [4.69, 9.17) is 9.47 Å². The summed E-state index contributed by atoms with van der Waals surface area (Å²) in [6.07, 6.45) is 1.92. The zero-order chi connectivity index (χ0) is 16.9. The number of aliphatic carboxylic acids is 1. The maximum absolute atomic E-state index is 13.5. The van der Waals surface area contributed by atoms with Gasteiger partial charge in [0.15, 0.2) is 0 Å². The van der Waals surface area contributed by atoms with Gasteiger partial charge in [-0.15, -0.1) is 0 Å². The minimum atomic E-state index is -0.797. The molecule has 0 aromatic heterocycles. The first kappa shape index (κ1) is 17.7. The Bertz CT molecular complexity index is 551. The molecule has 2 rings (SSSR count). The lowest BCUT2D eigenvalue weighted by molar-refractivity contribution is -0.154. The molecule has 1 fully saturated rings. The Labute approximate surface area is 136 Å². The second-order valence-corrected chi connectivity index (χ2v) is 6.10. The van der Waals surface area contributed by atoms with Gasteiger partial charge in [-0.1, -0.05) is 0 Å². The third kappa shape index (κ3) is 4.20. The number of hydrogen-bond acceptors (Lipinski definition) is 4. The predicted molar refractivity (Wildman–Crippen MR) is 84.0 cm³/mol. The van der Waals surface area contributed by atoms with Crippen molar-refractivity contribution in [2.24, 2.45) is 5.41 Å². The van der Waals surface area contributed by atoms with Gasteiger partial charge in [-0.3, -0.25) is 9.69 Å². The fourth-order valence-electron chi connectivity index (χ4n) is 3.26. The summed E-state index contributed by atoms with van der Waals surface area (Å²) in [5, 5.41) is 9.68. The molecule has 0 radical (unpaired) electrons. The Hall–Kier alpha value is -1.66. The van der Waals surface area contributed by atoms with Crippen molar-refractivity contribution in [1.29, 1.82) is 0 Å². The summed E-state index contributed by atoms with van der Waals surface area (Å²) in [5.74, 6) is -0.484. The number of likely N-dealkylation sites (tertiary alicyclic amines) is 1. The van der Waals surface area contributed by atoms with Gasteiger partial charge in [0.05, 0.1) is 12.5 Å². The van der Waals surface area contributed by atoms with Gasteiger partial charge in [-0.05, 0) is 44.0 Å². The van der Waals surface area contributed by atoms with Crippen molar-refractivity contribution in [3.8, 4) is 5.75 Å². The number of methoxy groups -OCH3 is 2. The highest BCUT2D eigenvalue weighted by Crippen LogP contribution is 2.35. The van der Waals surface area contributed by atoms with Gasteiger partial charge in [0.1, 0.15) is 11.6 Å². The van der Waals surface area contributed by atoms with E-state index < -0.39 is 11.4 Å². The molecule has 1 aromatic carbocycles. The van der Waals surface area contributed by atoms with Crippen LogP contribution in [0.4, 0.5) is 4.39 Å². The summed E-state index contributed by atoms with van der Waals surface area (Å²) in [5.41, 5.74) is -0.0603. The molecule has 0 amide bonds. The van der Waals surface area contributed by atoms with Gasteiger partial charge >= 0.3 is 5.97 Å². The van der Waals surface area contributed by atoms with Gasteiger partial charge in [0, 0.05) is 32.4 Å². The average Bonchev–Trinajstić information content (AvgIpc) is 2.53. The van der Waals surface area contributed by atoms with Crippen LogP contribution in [0.15, 0.2) is 18.2 Å². The first-order chi connectivity index (χ1) is 11.0. The number of carboxylic acid groups (broad SMARTS) is 1. The van der Waals surface area contributed by atoms with E-state index in [-0.39, 0.29) is 5.82 Å². The van der Waals surface area contributed by atoms with E-state index in [1.54, 1.807) is 20.3 Å². The SMILES string of the molecule is COCC[C@@]1(C(=O)O)CCCN(Cc2cc(F)ccc2OC)C1. The normalized spacial score (nSPS) is 22.0. The molecule has 1 atom stereocenters. The van der Waals surface area contributed by atoms with Crippen molar-refractivity contribution < 1.29 is 23.8 Å². The van der Waals surface area contributed by atoms with Crippen LogP contribution in [0.25, 0.3) is 0 Å². The van der Waals surface area contributed by atoms with Crippen LogP contribution in [0.3, 0.4) is 0 Å². The van der Waals surface area contributed by atoms with Crippen molar-refractivity contribution >= 4 is 5.97 Å². The van der Waals surface area contributed by atoms with E-state index >= 15 is 0 Å². The number of hydrogen-bond donors (Lipinski definition) is 1. The smallest absolute Gasteiger partial charge is 0.311 e. The van der Waals surface area contributed by atoms with Crippen molar-refractivity contribution in [1.82, 2.24) is 4.90 Å². The average molecular weight is 325 g/mol. The fraction of sp³-hybridized carbons (Fsp3) is 0.588. The number of nitrogens with zero attached hydrogens (tertiary/aromatic N) is 1. The fourth-order valence-corrected chi connectivity index (χ4v) is 3.26. The first-order valence-corrected chi connectivity index (χ1v) is 7.78. The van der Waals surface area contributed by atoms with E-state index in [2.05, 4.69) is 4.90 Å². The Morgan fingerprint density at radius 2 is 2.22 bits per heavy atom. The summed E-state index contributed by atoms with van der Waals surface area (Å²) < 4.78 is 23.9. The Balaban J connectivity index is 2.14. The summed E-state index contributed by atoms with van der Waals surface area (Å²) in [6, 6.07) is 4.41. The Morgan fingerprint density at radius 1 is 1.43 bits per heavy atom. The number of halogens is 1. The lowest BCUT2D eigenvalue weighted by Crippen LogP contribution is -2.48. The van der Waals surface area contributed by atoms with Crippen LogP contribution in [0.5, 0.6) is 5.75 Å². The van der Waals surface area contributed by atoms with E-state index in [0.29, 0.717) is 38.3 Å². The number of benzene rings is 1. The van der Waals surface area contributed by atoms with Crippen LogP contribution >= 0.6 is 0 Å². The van der Waals surface area contributed by atoms with Crippen molar-refractivity contribution in [2.45, 2.75) is 25.8 Å². The van der Waals surface area contributed by atoms with Gasteiger partial charge in [0.2, 0.25) is 0 Å². The molecule has 1 aliphatic rings. The maximum Gasteiger partial charge on any atom is 0.311 e. The third-order valence-corrected chi connectivity index (χ3v) is 4.53. The summed E-state index contributed by atoms with van der Waals surface area (Å²) in [7, 11) is 3.13. The molecule has 6 heteroatoms. The molecule has 0 unspecified atom stereocenters. The minimum Gasteiger partial charge on any atom is -0.496 e. The zero-order valence-electron chi connectivity index (χ0n) is 13.7. The van der Waals surface area contributed by atoms with Crippen LogP contribution in [0.1, 0.15) is 24.8 Å². The van der Waals surface area contributed by atoms with E-state index in [0.717, 1.165) is 18.5 Å². The van der Waals surface area contributed by atoms with Crippen molar-refractivity contribution in [3.63, 3.8) is 0 Å². The highest BCUT2D eigenvalue weighted by atomic mass is 19.1. The molecule has 0 saturated carbocycles. The second kappa shape index (κ2) is 7.75. The molecule has 1 N–H and O–H groups in total. The number of carboxylic acids is 1. The number of piperidine rings is 1. The number of ether oxygens (including phenoxy) is 2. The molecule has 1 aromatic rings. The lowest BCUT2D eigenvalue weighted by Gasteiger charge is -2.40. The monoisotopic (exact) mass is 325 g/mol. The topological polar surface area (TPSA) is 59.0 Å². The van der Waals surface area contributed by atoms with Gasteiger partial charge < -0.3 is 14.6 Å². The minimum absolute atomic E-state index is 0.318. The molecule has 1 heterocycles. The zero-order valence-corrected chi connectivity index (χ0v) is 13.7. The van der Waals surface area contributed by atoms with Crippen molar-refractivity contribution in [3.05, 3.63) is 29.6 Å². The maximum atomic E-state index is 13.5. The molecule has 23 heavy (non-hydrogen) atoms. The summed E-state index contributed by atoms with van der Waals surface area (Å²) >= 11 is 0. The van der Waals surface area contributed by atoms with E-state index in [1.807, 2.05) is 0 Å². The summed E-state index contributed by atoms with van der Waals surface area (Å²) in [6.45, 7) is 2.12. The van der Waals surface area contributed by atoms with Crippen LogP contribution in [0, 0.1) is 11.2 Å². The molecule has 0 bridgehead atoms. The highest BCUT2D eigenvalue weighted by Gasteiger charge is 2.42. The van der Waals surface area contributed by atoms with Crippen LogP contribution in [-0.2, 0) is 16.1 Å². The summed E-state index contributed by atoms with van der Waals surface area (Å²) in [4.78, 5) is 13.9. The molecule has 1 saturated heterocycles. The molecular formula is C17H24FNO4. The third-order valence-electron chi connectivity index (χ3n) is 4.53. The van der Waals surface area contributed by atoms with E-state index in [1.165, 1.54) is 12.1 Å². The first-order valence-electron chi connectivity index (χ1n) is 7.78. The Kier molecular flexibility index (Phi) is 5.96. The van der Waals surface area contributed by atoms with Crippen LogP contribution < -0.4 is 4.74 Å². The van der Waals surface area contributed by atoms with Crippen molar-refractivity contribution in [2.75, 3.05) is 33.9 Å². The largest absolute Gasteiger partial charge is 0.496 e. The molecule has 0 aliphatic carbocycles. The lowest BCUT2D eigenvalue weighted by atomic mass is 9.77. The van der Waals surface area contributed by atoms with Gasteiger partial charge in [-0.2, -0.15) is 0 Å². The molecular weight excluding hydrogens is 301 g/mol. The highest BCUT2D eigenvalue weighted by molar-refractivity contribution is 5.75. The van der Waals surface area contributed by atoms with E-state index in [9.17, 15) is 14.3 Å². The van der Waals surface area contributed by atoms with Gasteiger partial charge in [0.25, 0.3) is 0 Å². The molecule has 0 spiro atoms. The number of carbonyl (C=O) groups is 1. The molecule has 128 valence electrons. The van der Waals surface area contributed by atoms with Crippen LogP contribution in [-0.4, -0.2) is 49.9 Å². The Morgan fingerprint density at radius 3 is 2.87 bits per heavy atom. The molecule has 1 aliphatic heterocycles. The number of rotatable bonds is 7.